The molecule has 4 nitrogen and oxygen atoms in total. The van der Waals surface area contributed by atoms with E-state index in [1.54, 1.807) is 0 Å². The van der Waals surface area contributed by atoms with E-state index in [1.807, 2.05) is 37.3 Å². The Kier molecular flexibility index (Phi) is 5.04. The summed E-state index contributed by atoms with van der Waals surface area (Å²) >= 11 is 4.58. The van der Waals surface area contributed by atoms with Crippen molar-refractivity contribution in [1.82, 2.24) is 14.9 Å². The molecule has 1 unspecified atom stereocenters. The Morgan fingerprint density at radius 3 is 2.79 bits per heavy atom. The predicted octanol–water partition coefficient (Wildman–Crippen LogP) is 2.97. The molecule has 0 aliphatic rings. The molecule has 0 spiro atoms. The van der Waals surface area contributed by atoms with Crippen LogP contribution in [-0.4, -0.2) is 20.8 Å². The first kappa shape index (κ1) is 14.1. The van der Waals surface area contributed by atoms with Gasteiger partial charge in [-0.05, 0) is 23.5 Å². The van der Waals surface area contributed by atoms with Gasteiger partial charge in [0.15, 0.2) is 0 Å². The molecular weight excluding hydrogens is 326 g/mol. The van der Waals surface area contributed by atoms with E-state index in [2.05, 4.69) is 30.8 Å². The van der Waals surface area contributed by atoms with Crippen LogP contribution >= 0.6 is 27.5 Å². The lowest BCUT2D eigenvalue weighted by molar-refractivity contribution is 0.0944. The van der Waals surface area contributed by atoms with Crippen LogP contribution in [0.1, 0.15) is 33.9 Å². The SMILES string of the molecule is CCc1nnsc1C(=O)NC(CBr)c1ccccc1. The Bertz CT molecular complexity index is 544. The first-order chi connectivity index (χ1) is 9.26. The van der Waals surface area contributed by atoms with Crippen molar-refractivity contribution in [3.05, 3.63) is 46.5 Å². The minimum atomic E-state index is -0.111. The number of carbonyl (C=O) groups is 1. The molecule has 0 bridgehead atoms. The number of aryl methyl sites for hydroxylation is 1. The summed E-state index contributed by atoms with van der Waals surface area (Å²) in [6, 6.07) is 9.82. The lowest BCUT2D eigenvalue weighted by Gasteiger charge is -2.16. The molecule has 0 fully saturated rings. The quantitative estimate of drug-likeness (QED) is 0.852. The molecule has 1 heterocycles. The fraction of sp³-hybridized carbons (Fsp3) is 0.308. The standard InChI is InChI=1S/C13H14BrN3OS/c1-2-10-12(19-17-16-10)13(18)15-11(8-14)9-6-4-3-5-7-9/h3-7,11H,2,8H2,1H3,(H,15,18). The Balaban J connectivity index is 2.13. The summed E-state index contributed by atoms with van der Waals surface area (Å²) in [5.41, 5.74) is 1.83. The van der Waals surface area contributed by atoms with Gasteiger partial charge in [0.05, 0.1) is 11.7 Å². The molecule has 1 atom stereocenters. The molecule has 0 aliphatic carbocycles. The largest absolute Gasteiger partial charge is 0.344 e. The van der Waals surface area contributed by atoms with Gasteiger partial charge in [-0.25, -0.2) is 0 Å². The number of halogens is 1. The van der Waals surface area contributed by atoms with Crippen molar-refractivity contribution in [2.75, 3.05) is 5.33 Å². The molecule has 100 valence electrons. The fourth-order valence-electron chi connectivity index (χ4n) is 1.73. The van der Waals surface area contributed by atoms with Crippen LogP contribution in [0.2, 0.25) is 0 Å². The van der Waals surface area contributed by atoms with E-state index >= 15 is 0 Å². The van der Waals surface area contributed by atoms with Crippen molar-refractivity contribution in [2.45, 2.75) is 19.4 Å². The maximum absolute atomic E-state index is 12.2. The second kappa shape index (κ2) is 6.77. The number of alkyl halides is 1. The molecule has 6 heteroatoms. The van der Waals surface area contributed by atoms with Crippen LogP contribution in [0.25, 0.3) is 0 Å². The lowest BCUT2D eigenvalue weighted by atomic mass is 10.1. The number of carbonyl (C=O) groups excluding carboxylic acids is 1. The van der Waals surface area contributed by atoms with Crippen molar-refractivity contribution >= 4 is 33.4 Å². The highest BCUT2D eigenvalue weighted by Gasteiger charge is 2.19. The van der Waals surface area contributed by atoms with Gasteiger partial charge in [0, 0.05) is 5.33 Å². The van der Waals surface area contributed by atoms with Gasteiger partial charge in [-0.3, -0.25) is 4.79 Å². The van der Waals surface area contributed by atoms with Gasteiger partial charge in [0.25, 0.3) is 5.91 Å². The molecular formula is C13H14BrN3OS. The highest BCUT2D eigenvalue weighted by Crippen LogP contribution is 2.18. The first-order valence-electron chi connectivity index (χ1n) is 5.99. The topological polar surface area (TPSA) is 54.9 Å². The summed E-state index contributed by atoms with van der Waals surface area (Å²) < 4.78 is 3.84. The Hall–Kier alpha value is -1.27. The minimum Gasteiger partial charge on any atom is -0.344 e. The van der Waals surface area contributed by atoms with Crippen LogP contribution in [0.4, 0.5) is 0 Å². The molecule has 0 radical (unpaired) electrons. The van der Waals surface area contributed by atoms with E-state index in [0.29, 0.717) is 16.6 Å². The summed E-state index contributed by atoms with van der Waals surface area (Å²) in [6.07, 6.45) is 0.712. The van der Waals surface area contributed by atoms with E-state index in [4.69, 9.17) is 0 Å². The molecule has 1 aromatic heterocycles. The van der Waals surface area contributed by atoms with E-state index in [9.17, 15) is 4.79 Å². The van der Waals surface area contributed by atoms with Gasteiger partial charge in [0.1, 0.15) is 4.88 Å². The maximum Gasteiger partial charge on any atom is 0.265 e. The number of nitrogens with zero attached hydrogens (tertiary/aromatic N) is 2. The Morgan fingerprint density at radius 1 is 1.42 bits per heavy atom. The van der Waals surface area contributed by atoms with E-state index in [1.165, 1.54) is 0 Å². The molecule has 0 saturated carbocycles. The van der Waals surface area contributed by atoms with E-state index < -0.39 is 0 Å². The van der Waals surface area contributed by atoms with Crippen LogP contribution in [0.15, 0.2) is 30.3 Å². The van der Waals surface area contributed by atoms with Crippen LogP contribution in [0.5, 0.6) is 0 Å². The van der Waals surface area contributed by atoms with Crippen LogP contribution in [0.3, 0.4) is 0 Å². The molecule has 0 saturated heterocycles. The smallest absolute Gasteiger partial charge is 0.265 e. The average molecular weight is 340 g/mol. The molecule has 1 amide bonds. The van der Waals surface area contributed by atoms with Gasteiger partial charge < -0.3 is 5.32 Å². The highest BCUT2D eigenvalue weighted by molar-refractivity contribution is 9.09. The fourth-order valence-corrected chi connectivity index (χ4v) is 2.92. The van der Waals surface area contributed by atoms with Crippen LogP contribution in [-0.2, 0) is 6.42 Å². The molecule has 0 aliphatic heterocycles. The monoisotopic (exact) mass is 339 g/mol. The average Bonchev–Trinajstić information content (AvgIpc) is 2.94. The third kappa shape index (κ3) is 3.39. The number of aromatic nitrogens is 2. The van der Waals surface area contributed by atoms with E-state index in [0.717, 1.165) is 22.8 Å². The van der Waals surface area contributed by atoms with Crippen molar-refractivity contribution in [3.8, 4) is 0 Å². The zero-order valence-corrected chi connectivity index (χ0v) is 12.9. The predicted molar refractivity (Wildman–Crippen MR) is 79.7 cm³/mol. The Labute approximate surface area is 124 Å². The van der Waals surface area contributed by atoms with Gasteiger partial charge in [-0.15, -0.1) is 5.10 Å². The van der Waals surface area contributed by atoms with E-state index in [-0.39, 0.29) is 11.9 Å². The van der Waals surface area contributed by atoms with Crippen LogP contribution in [0, 0.1) is 0 Å². The van der Waals surface area contributed by atoms with Crippen molar-refractivity contribution in [2.24, 2.45) is 0 Å². The van der Waals surface area contributed by atoms with Crippen LogP contribution < -0.4 is 5.32 Å². The number of hydrogen-bond acceptors (Lipinski definition) is 4. The summed E-state index contributed by atoms with van der Waals surface area (Å²) in [5.74, 6) is -0.111. The third-order valence-corrected chi connectivity index (χ3v) is 4.17. The molecule has 2 rings (SSSR count). The van der Waals surface area contributed by atoms with Crippen molar-refractivity contribution in [1.29, 1.82) is 0 Å². The van der Waals surface area contributed by atoms with Crippen molar-refractivity contribution < 1.29 is 4.79 Å². The summed E-state index contributed by atoms with van der Waals surface area (Å²) in [4.78, 5) is 12.8. The maximum atomic E-state index is 12.2. The first-order valence-corrected chi connectivity index (χ1v) is 7.88. The lowest BCUT2D eigenvalue weighted by Crippen LogP contribution is -2.29. The third-order valence-electron chi connectivity index (χ3n) is 2.76. The summed E-state index contributed by atoms with van der Waals surface area (Å²) in [6.45, 7) is 1.96. The number of hydrogen-bond donors (Lipinski definition) is 1. The summed E-state index contributed by atoms with van der Waals surface area (Å²) in [7, 11) is 0. The van der Waals surface area contributed by atoms with Crippen molar-refractivity contribution in [3.63, 3.8) is 0 Å². The number of nitrogens with one attached hydrogen (secondary N) is 1. The number of rotatable bonds is 5. The highest BCUT2D eigenvalue weighted by atomic mass is 79.9. The number of amides is 1. The van der Waals surface area contributed by atoms with Gasteiger partial charge in [0.2, 0.25) is 0 Å². The zero-order valence-electron chi connectivity index (χ0n) is 10.5. The van der Waals surface area contributed by atoms with Gasteiger partial charge >= 0.3 is 0 Å². The second-order valence-corrected chi connectivity index (χ2v) is 5.39. The second-order valence-electron chi connectivity index (χ2n) is 3.99. The van der Waals surface area contributed by atoms with Gasteiger partial charge in [-0.2, -0.15) is 0 Å². The Morgan fingerprint density at radius 2 is 2.16 bits per heavy atom. The molecule has 1 N–H and O–H groups in total. The minimum absolute atomic E-state index is 0.0551. The van der Waals surface area contributed by atoms with Gasteiger partial charge in [-0.1, -0.05) is 57.7 Å². The number of benzene rings is 1. The molecule has 1 aromatic carbocycles. The molecule has 2 aromatic rings. The normalized spacial score (nSPS) is 12.1. The molecule has 19 heavy (non-hydrogen) atoms. The zero-order chi connectivity index (χ0) is 13.7. The summed E-state index contributed by atoms with van der Waals surface area (Å²) in [5, 5.41) is 7.63.